The molecule has 0 saturated heterocycles. The summed E-state index contributed by atoms with van der Waals surface area (Å²) in [7, 11) is 1.64. The first-order chi connectivity index (χ1) is 14.6. The summed E-state index contributed by atoms with van der Waals surface area (Å²) < 4.78 is 5.28. The first-order valence-corrected chi connectivity index (χ1v) is 10.8. The zero-order chi connectivity index (χ0) is 20.8. The lowest BCUT2D eigenvalue weighted by Crippen LogP contribution is -2.37. The van der Waals surface area contributed by atoms with Gasteiger partial charge in [0.1, 0.15) is 11.4 Å². The van der Waals surface area contributed by atoms with Crippen LogP contribution in [0, 0.1) is 0 Å². The van der Waals surface area contributed by atoms with Gasteiger partial charge in [-0.15, -0.1) is 0 Å². The van der Waals surface area contributed by atoms with Gasteiger partial charge in [-0.2, -0.15) is 5.10 Å². The molecule has 1 saturated carbocycles. The van der Waals surface area contributed by atoms with Crippen molar-refractivity contribution in [3.63, 3.8) is 0 Å². The number of rotatable bonds is 4. The van der Waals surface area contributed by atoms with E-state index in [1.165, 1.54) is 0 Å². The van der Waals surface area contributed by atoms with Gasteiger partial charge in [0.25, 0.3) is 5.91 Å². The Labute approximate surface area is 184 Å². The molecule has 1 atom stereocenters. The lowest BCUT2D eigenvalue weighted by molar-refractivity contribution is 0.0660. The molecule has 1 unspecified atom stereocenters. The molecule has 1 fully saturated rings. The number of H-pyrrole nitrogens is 1. The fourth-order valence-electron chi connectivity index (χ4n) is 4.72. The second kappa shape index (κ2) is 7.64. The van der Waals surface area contributed by atoms with Gasteiger partial charge in [-0.1, -0.05) is 42.1 Å². The Kier molecular flexibility index (Phi) is 4.95. The summed E-state index contributed by atoms with van der Waals surface area (Å²) in [6, 6.07) is 13.1. The van der Waals surface area contributed by atoms with E-state index >= 15 is 0 Å². The molecule has 5 nitrogen and oxygen atoms in total. The lowest BCUT2D eigenvalue weighted by Gasteiger charge is -2.32. The van der Waals surface area contributed by atoms with Crippen LogP contribution in [-0.4, -0.2) is 34.2 Å². The highest BCUT2D eigenvalue weighted by atomic mass is 35.5. The van der Waals surface area contributed by atoms with Crippen LogP contribution in [0.2, 0.25) is 10.0 Å². The summed E-state index contributed by atoms with van der Waals surface area (Å²) in [6.07, 6.45) is 4.27. The molecule has 30 heavy (non-hydrogen) atoms. The number of fused-ring (bicyclic) bond motifs is 1. The molecule has 154 valence electrons. The molecule has 1 aliphatic carbocycles. The smallest absolute Gasteiger partial charge is 0.273 e. The number of halogens is 2. The molecule has 2 aromatic carbocycles. The molecule has 2 heterocycles. The third-order valence-electron chi connectivity index (χ3n) is 6.14. The van der Waals surface area contributed by atoms with E-state index in [4.69, 9.17) is 27.9 Å². The lowest BCUT2D eigenvalue weighted by atomic mass is 9.95. The minimum Gasteiger partial charge on any atom is -0.497 e. The van der Waals surface area contributed by atoms with Crippen molar-refractivity contribution in [3.05, 3.63) is 69.3 Å². The van der Waals surface area contributed by atoms with E-state index in [0.717, 1.165) is 53.8 Å². The van der Waals surface area contributed by atoms with E-state index < -0.39 is 0 Å². The maximum Gasteiger partial charge on any atom is 0.273 e. The van der Waals surface area contributed by atoms with Gasteiger partial charge in [-0.3, -0.25) is 9.89 Å². The van der Waals surface area contributed by atoms with Crippen molar-refractivity contribution in [1.82, 2.24) is 15.1 Å². The summed E-state index contributed by atoms with van der Waals surface area (Å²) in [5.41, 5.74) is 3.98. The molecule has 7 heteroatoms. The number of methoxy groups -OCH3 is 1. The second-order valence-electron chi connectivity index (χ2n) is 7.81. The largest absolute Gasteiger partial charge is 0.497 e. The standard InChI is InChI=1S/C23H21Cl2N3O2/c1-30-16-9-6-13(7-10-16)20-19-21(27-26-20)23(29)28(15-4-2-3-5-15)22(19)17-11-8-14(24)12-18(17)25/h6-12,15,22H,2-5H2,1H3,(H,26,27). The Hall–Kier alpha value is -2.50. The topological polar surface area (TPSA) is 58.2 Å². The maximum atomic E-state index is 13.5. The summed E-state index contributed by atoms with van der Waals surface area (Å²) >= 11 is 12.8. The highest BCUT2D eigenvalue weighted by Gasteiger charge is 2.46. The van der Waals surface area contributed by atoms with Crippen LogP contribution >= 0.6 is 23.2 Å². The van der Waals surface area contributed by atoms with Gasteiger partial charge in [0, 0.05) is 27.2 Å². The van der Waals surface area contributed by atoms with Gasteiger partial charge in [-0.25, -0.2) is 0 Å². The number of amides is 1. The number of aromatic nitrogens is 2. The molecule has 1 N–H and O–H groups in total. The van der Waals surface area contributed by atoms with Crippen molar-refractivity contribution in [2.75, 3.05) is 7.11 Å². The Balaban J connectivity index is 1.68. The van der Waals surface area contributed by atoms with Crippen molar-refractivity contribution in [1.29, 1.82) is 0 Å². The van der Waals surface area contributed by atoms with Crippen LogP contribution in [0.4, 0.5) is 0 Å². The van der Waals surface area contributed by atoms with Crippen LogP contribution in [0.15, 0.2) is 42.5 Å². The highest BCUT2D eigenvalue weighted by Crippen LogP contribution is 2.47. The number of hydrogen-bond donors (Lipinski definition) is 1. The van der Waals surface area contributed by atoms with E-state index in [-0.39, 0.29) is 18.0 Å². The molecule has 5 rings (SSSR count). The fourth-order valence-corrected chi connectivity index (χ4v) is 5.23. The van der Waals surface area contributed by atoms with Crippen LogP contribution in [0.5, 0.6) is 5.75 Å². The number of ether oxygens (including phenoxy) is 1. The van der Waals surface area contributed by atoms with Crippen molar-refractivity contribution in [2.45, 2.75) is 37.8 Å². The Bertz CT molecular complexity index is 1100. The molecule has 1 amide bonds. The first-order valence-electron chi connectivity index (χ1n) is 10.1. The summed E-state index contributed by atoms with van der Waals surface area (Å²) in [6.45, 7) is 0. The number of aromatic amines is 1. The zero-order valence-corrected chi connectivity index (χ0v) is 18.0. The van der Waals surface area contributed by atoms with E-state index in [9.17, 15) is 4.79 Å². The summed E-state index contributed by atoms with van der Waals surface area (Å²) in [5.74, 6) is 0.757. The van der Waals surface area contributed by atoms with Gasteiger partial charge in [-0.05, 0) is 54.8 Å². The van der Waals surface area contributed by atoms with Crippen molar-refractivity contribution in [2.24, 2.45) is 0 Å². The average Bonchev–Trinajstić information content (AvgIpc) is 3.46. The van der Waals surface area contributed by atoms with E-state index in [1.807, 2.05) is 41.3 Å². The Morgan fingerprint density at radius 1 is 1.10 bits per heavy atom. The van der Waals surface area contributed by atoms with Gasteiger partial charge in [0.2, 0.25) is 0 Å². The highest BCUT2D eigenvalue weighted by molar-refractivity contribution is 6.35. The molecule has 0 bridgehead atoms. The Morgan fingerprint density at radius 3 is 2.50 bits per heavy atom. The molecule has 0 spiro atoms. The normalized spacial score (nSPS) is 18.8. The zero-order valence-electron chi connectivity index (χ0n) is 16.5. The predicted molar refractivity (Wildman–Crippen MR) is 117 cm³/mol. The van der Waals surface area contributed by atoms with Gasteiger partial charge < -0.3 is 9.64 Å². The van der Waals surface area contributed by atoms with E-state index in [2.05, 4.69) is 10.2 Å². The summed E-state index contributed by atoms with van der Waals surface area (Å²) in [5, 5.41) is 8.65. The average molecular weight is 442 g/mol. The van der Waals surface area contributed by atoms with Gasteiger partial charge in [0.15, 0.2) is 0 Å². The van der Waals surface area contributed by atoms with Gasteiger partial charge >= 0.3 is 0 Å². The number of nitrogens with zero attached hydrogens (tertiary/aromatic N) is 2. The molecule has 2 aliphatic rings. The van der Waals surface area contributed by atoms with Crippen LogP contribution < -0.4 is 4.74 Å². The number of nitrogens with one attached hydrogen (secondary N) is 1. The van der Waals surface area contributed by atoms with Gasteiger partial charge in [0.05, 0.1) is 18.8 Å². The minimum atomic E-state index is -0.295. The summed E-state index contributed by atoms with van der Waals surface area (Å²) in [4.78, 5) is 15.5. The number of hydrogen-bond acceptors (Lipinski definition) is 3. The fraction of sp³-hybridized carbons (Fsp3) is 0.304. The van der Waals surface area contributed by atoms with Crippen molar-refractivity contribution >= 4 is 29.1 Å². The monoisotopic (exact) mass is 441 g/mol. The minimum absolute atomic E-state index is 0.0137. The third-order valence-corrected chi connectivity index (χ3v) is 6.71. The number of carbonyl (C=O) groups is 1. The van der Waals surface area contributed by atoms with Crippen molar-refractivity contribution < 1.29 is 9.53 Å². The number of carbonyl (C=O) groups excluding carboxylic acids is 1. The first kappa shape index (κ1) is 19.5. The van der Waals surface area contributed by atoms with Crippen LogP contribution in [0.3, 0.4) is 0 Å². The molecular formula is C23H21Cl2N3O2. The quantitative estimate of drug-likeness (QED) is 0.549. The molecule has 3 aromatic rings. The van der Waals surface area contributed by atoms with Crippen LogP contribution in [-0.2, 0) is 0 Å². The van der Waals surface area contributed by atoms with E-state index in [1.54, 1.807) is 13.2 Å². The Morgan fingerprint density at radius 2 is 1.83 bits per heavy atom. The van der Waals surface area contributed by atoms with E-state index in [0.29, 0.717) is 15.7 Å². The van der Waals surface area contributed by atoms with Crippen LogP contribution in [0.25, 0.3) is 11.3 Å². The van der Waals surface area contributed by atoms with Crippen molar-refractivity contribution in [3.8, 4) is 17.0 Å². The van der Waals surface area contributed by atoms with Crippen LogP contribution in [0.1, 0.15) is 53.3 Å². The maximum absolute atomic E-state index is 13.5. The third kappa shape index (κ3) is 3.08. The molecular weight excluding hydrogens is 421 g/mol. The molecule has 1 aliphatic heterocycles. The molecule has 0 radical (unpaired) electrons. The second-order valence-corrected chi connectivity index (χ2v) is 8.65. The molecule has 1 aromatic heterocycles. The predicted octanol–water partition coefficient (Wildman–Crippen LogP) is 5.88. The SMILES string of the molecule is COc1ccc(-c2n[nH]c3c2C(c2ccc(Cl)cc2Cl)N(C2CCCC2)C3=O)cc1. The number of benzene rings is 2.